The van der Waals surface area contributed by atoms with E-state index in [4.69, 9.17) is 0 Å². The fourth-order valence-corrected chi connectivity index (χ4v) is 3.46. The topological polar surface area (TPSA) is 56.9 Å². The average molecular weight is 319 g/mol. The van der Waals surface area contributed by atoms with E-state index in [2.05, 4.69) is 33.8 Å². The first-order valence-corrected chi connectivity index (χ1v) is 8.54. The molecule has 1 fully saturated rings. The number of aromatic nitrogens is 1. The molecule has 1 aromatic heterocycles. The summed E-state index contributed by atoms with van der Waals surface area (Å²) >= 11 is 0. The van der Waals surface area contributed by atoms with Gasteiger partial charge in [0.25, 0.3) is 0 Å². The molecule has 2 amide bonds. The standard InChI is InChI=1S/C20H21N3O/c24-20(21-15-8-2-3-9-15)23-18-12-6-4-10-16(18)19-13-14-7-1-5-11-17(14)22-19/h1,4-7,10-13,15,22H,2-3,8-9H2,(H2,21,23,24). The summed E-state index contributed by atoms with van der Waals surface area (Å²) in [5.41, 5.74) is 3.92. The Kier molecular flexibility index (Phi) is 3.95. The van der Waals surface area contributed by atoms with Crippen LogP contribution in [0.3, 0.4) is 0 Å². The van der Waals surface area contributed by atoms with Crippen molar-refractivity contribution in [2.24, 2.45) is 0 Å². The molecule has 0 bridgehead atoms. The van der Waals surface area contributed by atoms with Crippen LogP contribution in [-0.4, -0.2) is 17.1 Å². The van der Waals surface area contributed by atoms with Gasteiger partial charge in [-0.1, -0.05) is 49.2 Å². The Labute approximate surface area is 141 Å². The smallest absolute Gasteiger partial charge is 0.319 e. The molecule has 3 aromatic rings. The zero-order valence-electron chi connectivity index (χ0n) is 13.5. The zero-order valence-corrected chi connectivity index (χ0v) is 13.5. The number of carbonyl (C=O) groups excluding carboxylic acids is 1. The Morgan fingerprint density at radius 2 is 1.75 bits per heavy atom. The van der Waals surface area contributed by atoms with Crippen LogP contribution in [0.5, 0.6) is 0 Å². The lowest BCUT2D eigenvalue weighted by atomic mass is 10.1. The monoisotopic (exact) mass is 319 g/mol. The number of anilines is 1. The van der Waals surface area contributed by atoms with Gasteiger partial charge >= 0.3 is 6.03 Å². The van der Waals surface area contributed by atoms with E-state index < -0.39 is 0 Å². The molecule has 2 aromatic carbocycles. The molecule has 0 aliphatic heterocycles. The Morgan fingerprint density at radius 3 is 2.58 bits per heavy atom. The van der Waals surface area contributed by atoms with Crippen molar-refractivity contribution in [1.82, 2.24) is 10.3 Å². The van der Waals surface area contributed by atoms with Crippen molar-refractivity contribution < 1.29 is 4.79 Å². The van der Waals surface area contributed by atoms with E-state index in [1.807, 2.05) is 36.4 Å². The van der Waals surface area contributed by atoms with Crippen molar-refractivity contribution in [3.05, 3.63) is 54.6 Å². The van der Waals surface area contributed by atoms with E-state index in [1.165, 1.54) is 12.8 Å². The summed E-state index contributed by atoms with van der Waals surface area (Å²) in [5, 5.41) is 7.25. The first-order chi connectivity index (χ1) is 11.8. The maximum atomic E-state index is 12.3. The van der Waals surface area contributed by atoms with Crippen LogP contribution in [0.15, 0.2) is 54.6 Å². The highest BCUT2D eigenvalue weighted by Gasteiger charge is 2.18. The van der Waals surface area contributed by atoms with Crippen molar-refractivity contribution in [2.45, 2.75) is 31.7 Å². The lowest BCUT2D eigenvalue weighted by Crippen LogP contribution is -2.36. The predicted molar refractivity (Wildman–Crippen MR) is 98.1 cm³/mol. The van der Waals surface area contributed by atoms with Crippen molar-refractivity contribution in [1.29, 1.82) is 0 Å². The second kappa shape index (κ2) is 6.40. The van der Waals surface area contributed by atoms with Crippen molar-refractivity contribution in [2.75, 3.05) is 5.32 Å². The number of fused-ring (bicyclic) bond motifs is 1. The van der Waals surface area contributed by atoms with Crippen LogP contribution in [0.25, 0.3) is 22.2 Å². The van der Waals surface area contributed by atoms with E-state index in [0.717, 1.165) is 40.7 Å². The molecule has 24 heavy (non-hydrogen) atoms. The maximum Gasteiger partial charge on any atom is 0.319 e. The SMILES string of the molecule is O=C(Nc1ccccc1-c1cc2ccccc2[nH]1)NC1CCCC1. The molecule has 1 aliphatic rings. The highest BCUT2D eigenvalue weighted by atomic mass is 16.2. The molecule has 0 atom stereocenters. The van der Waals surface area contributed by atoms with Crippen LogP contribution in [0.1, 0.15) is 25.7 Å². The summed E-state index contributed by atoms with van der Waals surface area (Å²) in [7, 11) is 0. The third kappa shape index (κ3) is 3.00. The van der Waals surface area contributed by atoms with Crippen LogP contribution in [-0.2, 0) is 0 Å². The van der Waals surface area contributed by atoms with Gasteiger partial charge in [-0.05, 0) is 31.0 Å². The molecule has 3 N–H and O–H groups in total. The highest BCUT2D eigenvalue weighted by molar-refractivity contribution is 5.96. The normalized spacial score (nSPS) is 14.8. The molecule has 1 saturated carbocycles. The van der Waals surface area contributed by atoms with Crippen LogP contribution >= 0.6 is 0 Å². The predicted octanol–water partition coefficient (Wildman–Crippen LogP) is 4.90. The van der Waals surface area contributed by atoms with Crippen LogP contribution < -0.4 is 10.6 Å². The van der Waals surface area contributed by atoms with E-state index >= 15 is 0 Å². The minimum Gasteiger partial charge on any atom is -0.354 e. The molecule has 1 heterocycles. The molecular weight excluding hydrogens is 298 g/mol. The molecule has 0 saturated heterocycles. The molecular formula is C20H21N3O. The number of para-hydroxylation sites is 2. The number of urea groups is 1. The van der Waals surface area contributed by atoms with Gasteiger partial charge in [0.05, 0.1) is 5.69 Å². The number of amides is 2. The number of hydrogen-bond donors (Lipinski definition) is 3. The minimum absolute atomic E-state index is 0.120. The van der Waals surface area contributed by atoms with Gasteiger partial charge in [-0.25, -0.2) is 4.79 Å². The van der Waals surface area contributed by atoms with Crippen molar-refractivity contribution >= 4 is 22.6 Å². The number of hydrogen-bond acceptors (Lipinski definition) is 1. The van der Waals surface area contributed by atoms with Crippen molar-refractivity contribution in [3.8, 4) is 11.3 Å². The molecule has 4 heteroatoms. The Morgan fingerprint density at radius 1 is 1.00 bits per heavy atom. The molecule has 4 rings (SSSR count). The quantitative estimate of drug-likeness (QED) is 0.632. The lowest BCUT2D eigenvalue weighted by Gasteiger charge is -2.14. The van der Waals surface area contributed by atoms with Gasteiger partial charge in [-0.3, -0.25) is 0 Å². The van der Waals surface area contributed by atoms with Crippen LogP contribution in [0, 0.1) is 0 Å². The van der Waals surface area contributed by atoms with E-state index in [0.29, 0.717) is 6.04 Å². The second-order valence-corrected chi connectivity index (χ2v) is 6.40. The maximum absolute atomic E-state index is 12.3. The van der Waals surface area contributed by atoms with Gasteiger partial charge in [0.15, 0.2) is 0 Å². The van der Waals surface area contributed by atoms with Gasteiger partial charge in [0.1, 0.15) is 0 Å². The van der Waals surface area contributed by atoms with Gasteiger partial charge in [0.2, 0.25) is 0 Å². The summed E-state index contributed by atoms with van der Waals surface area (Å²) in [6.07, 6.45) is 4.57. The second-order valence-electron chi connectivity index (χ2n) is 6.40. The third-order valence-electron chi connectivity index (χ3n) is 4.69. The van der Waals surface area contributed by atoms with Gasteiger partial charge in [-0.15, -0.1) is 0 Å². The van der Waals surface area contributed by atoms with Crippen molar-refractivity contribution in [3.63, 3.8) is 0 Å². The fourth-order valence-electron chi connectivity index (χ4n) is 3.46. The third-order valence-corrected chi connectivity index (χ3v) is 4.69. The van der Waals surface area contributed by atoms with Crippen LogP contribution in [0.4, 0.5) is 10.5 Å². The molecule has 0 unspecified atom stereocenters. The summed E-state index contributed by atoms with van der Waals surface area (Å²) in [6, 6.07) is 18.4. The number of H-pyrrole nitrogens is 1. The lowest BCUT2D eigenvalue weighted by molar-refractivity contribution is 0.248. The Hall–Kier alpha value is -2.75. The molecule has 122 valence electrons. The van der Waals surface area contributed by atoms with E-state index in [-0.39, 0.29) is 6.03 Å². The first kappa shape index (κ1) is 14.8. The van der Waals surface area contributed by atoms with Gasteiger partial charge in [0, 0.05) is 28.2 Å². The summed E-state index contributed by atoms with van der Waals surface area (Å²) in [5.74, 6) is 0. The number of benzene rings is 2. The molecule has 0 radical (unpaired) electrons. The fraction of sp³-hybridized carbons (Fsp3) is 0.250. The van der Waals surface area contributed by atoms with E-state index in [1.54, 1.807) is 0 Å². The van der Waals surface area contributed by atoms with Gasteiger partial charge in [-0.2, -0.15) is 0 Å². The van der Waals surface area contributed by atoms with E-state index in [9.17, 15) is 4.79 Å². The first-order valence-electron chi connectivity index (χ1n) is 8.54. The molecule has 4 nitrogen and oxygen atoms in total. The number of aromatic amines is 1. The minimum atomic E-state index is -0.120. The zero-order chi connectivity index (χ0) is 16.4. The van der Waals surface area contributed by atoms with Crippen LogP contribution in [0.2, 0.25) is 0 Å². The Bertz CT molecular complexity index is 829. The highest BCUT2D eigenvalue weighted by Crippen LogP contribution is 2.30. The molecule has 0 spiro atoms. The summed E-state index contributed by atoms with van der Waals surface area (Å²) in [4.78, 5) is 15.7. The number of rotatable bonds is 3. The number of nitrogens with one attached hydrogen (secondary N) is 3. The summed E-state index contributed by atoms with van der Waals surface area (Å²) in [6.45, 7) is 0. The summed E-state index contributed by atoms with van der Waals surface area (Å²) < 4.78 is 0. The average Bonchev–Trinajstić information content (AvgIpc) is 3.24. The van der Waals surface area contributed by atoms with Gasteiger partial charge < -0.3 is 15.6 Å². The number of carbonyl (C=O) groups is 1. The largest absolute Gasteiger partial charge is 0.354 e. The molecule has 1 aliphatic carbocycles. The Balaban J connectivity index is 1.59.